The molecule has 0 amide bonds. The van der Waals surface area contributed by atoms with E-state index in [-0.39, 0.29) is 67.7 Å². The van der Waals surface area contributed by atoms with Gasteiger partial charge in [0.05, 0.1) is 19.6 Å². The lowest BCUT2D eigenvalue weighted by molar-refractivity contribution is -0.149. The van der Waals surface area contributed by atoms with Crippen LogP contribution in [0.1, 0.15) is 208 Å². The maximum atomic E-state index is 12.1. The molecule has 0 aliphatic heterocycles. The highest BCUT2D eigenvalue weighted by molar-refractivity contribution is 9.09. The van der Waals surface area contributed by atoms with Gasteiger partial charge >= 0.3 is 23.9 Å². The van der Waals surface area contributed by atoms with Crippen LogP contribution in [0.3, 0.4) is 0 Å². The Balaban J connectivity index is -0.000000880. The van der Waals surface area contributed by atoms with Crippen molar-refractivity contribution in [2.75, 3.05) is 38.2 Å². The molecular weight excluding hydrogens is 812 g/mol. The number of esters is 4. The number of nitrogens with one attached hydrogen (secondary N) is 1. The number of alkyl halides is 1. The van der Waals surface area contributed by atoms with Crippen molar-refractivity contribution in [3.05, 3.63) is 24.3 Å². The summed E-state index contributed by atoms with van der Waals surface area (Å²) in [7, 11) is 0. The van der Waals surface area contributed by atoms with E-state index in [0.717, 1.165) is 77.0 Å². The van der Waals surface area contributed by atoms with Crippen LogP contribution >= 0.6 is 15.9 Å². The predicted molar refractivity (Wildman–Crippen MR) is 250 cm³/mol. The number of hydrogen-bond acceptors (Lipinski definition) is 10. The van der Waals surface area contributed by atoms with Gasteiger partial charge in [-0.3, -0.25) is 24.5 Å². The van der Waals surface area contributed by atoms with Gasteiger partial charge in [0.1, 0.15) is 30.8 Å². The molecule has 0 bridgehead atoms. The van der Waals surface area contributed by atoms with Gasteiger partial charge in [-0.05, 0) is 77.0 Å². The van der Waals surface area contributed by atoms with Crippen molar-refractivity contribution in [3.63, 3.8) is 0 Å². The van der Waals surface area contributed by atoms with E-state index < -0.39 is 0 Å². The van der Waals surface area contributed by atoms with E-state index in [4.69, 9.17) is 24.7 Å². The fourth-order valence-corrected chi connectivity index (χ4v) is 6.02. The average Bonchev–Trinajstić information content (AvgIpc) is 3.23. The molecule has 0 fully saturated rings. The third-order valence-corrected chi connectivity index (χ3v) is 9.85. The molecule has 0 aromatic carbocycles. The molecule has 0 aromatic heterocycles. The van der Waals surface area contributed by atoms with Crippen LogP contribution in [0.25, 0.3) is 0 Å². The molecule has 10 nitrogen and oxygen atoms in total. The molecule has 59 heavy (non-hydrogen) atoms. The van der Waals surface area contributed by atoms with Crippen LogP contribution in [-0.4, -0.2) is 74.3 Å². The first-order valence-corrected chi connectivity index (χ1v) is 24.8. The van der Waals surface area contributed by atoms with E-state index in [1.807, 2.05) is 12.2 Å². The van der Waals surface area contributed by atoms with Crippen LogP contribution in [-0.2, 0) is 38.1 Å². The highest BCUT2D eigenvalue weighted by Gasteiger charge is 2.15. The van der Waals surface area contributed by atoms with E-state index >= 15 is 0 Å². The minimum absolute atomic E-state index is 0.00193. The number of nitrogens with two attached hydrogens (primary N) is 1. The number of carbonyl (C=O) groups excluding carboxylic acids is 4. The SMILES string of the molecule is CCCCCC(CCCCC)OC(=O)CN.CCCCCC/C=C\COC(=O)CBr.CCCCCC/C=C\COC(=O)CNCC(=O)OC(CCCCC)CCCCC. The maximum Gasteiger partial charge on any atom is 0.320 e. The van der Waals surface area contributed by atoms with Gasteiger partial charge in [0.15, 0.2) is 0 Å². The molecular formula is C48H91BrN2O8. The van der Waals surface area contributed by atoms with Crippen LogP contribution in [0.4, 0.5) is 0 Å². The zero-order valence-electron chi connectivity index (χ0n) is 38.8. The first-order valence-electron chi connectivity index (χ1n) is 23.7. The van der Waals surface area contributed by atoms with Crippen molar-refractivity contribution < 1.29 is 38.1 Å². The molecule has 0 heterocycles. The van der Waals surface area contributed by atoms with Crippen LogP contribution in [0.5, 0.6) is 0 Å². The summed E-state index contributed by atoms with van der Waals surface area (Å²) in [6.45, 7) is 13.9. The van der Waals surface area contributed by atoms with Gasteiger partial charge in [0.25, 0.3) is 0 Å². The number of unbranched alkanes of at least 4 members (excludes halogenated alkanes) is 16. The first-order chi connectivity index (χ1) is 28.7. The van der Waals surface area contributed by atoms with E-state index in [2.05, 4.69) is 74.9 Å². The largest absolute Gasteiger partial charge is 0.461 e. The quantitative estimate of drug-likeness (QED) is 0.0202. The van der Waals surface area contributed by atoms with Crippen molar-refractivity contribution in [3.8, 4) is 0 Å². The molecule has 0 unspecified atom stereocenters. The second-order valence-electron chi connectivity index (χ2n) is 15.2. The molecule has 0 rings (SSSR count). The fourth-order valence-electron chi connectivity index (χ4n) is 5.86. The Morgan fingerprint density at radius 1 is 0.475 bits per heavy atom. The van der Waals surface area contributed by atoms with Crippen LogP contribution in [0.15, 0.2) is 24.3 Å². The summed E-state index contributed by atoms with van der Waals surface area (Å²) >= 11 is 3.03. The van der Waals surface area contributed by atoms with E-state index in [0.29, 0.717) is 6.61 Å². The zero-order chi connectivity index (χ0) is 44.5. The topological polar surface area (TPSA) is 143 Å². The van der Waals surface area contributed by atoms with Gasteiger partial charge < -0.3 is 24.7 Å². The lowest BCUT2D eigenvalue weighted by Gasteiger charge is -2.18. The Morgan fingerprint density at radius 2 is 0.831 bits per heavy atom. The molecule has 0 aliphatic rings. The van der Waals surface area contributed by atoms with Crippen molar-refractivity contribution in [2.24, 2.45) is 5.73 Å². The summed E-state index contributed by atoms with van der Waals surface area (Å²) in [6.07, 6.45) is 38.0. The average molecular weight is 904 g/mol. The lowest BCUT2D eigenvalue weighted by atomic mass is 10.0. The number of carbonyl (C=O) groups is 4. The van der Waals surface area contributed by atoms with Crippen molar-refractivity contribution in [2.45, 2.75) is 221 Å². The van der Waals surface area contributed by atoms with Gasteiger partial charge in [-0.25, -0.2) is 0 Å². The Morgan fingerprint density at radius 3 is 1.20 bits per heavy atom. The summed E-state index contributed by atoms with van der Waals surface area (Å²) in [6, 6.07) is 0. The van der Waals surface area contributed by atoms with Crippen molar-refractivity contribution >= 4 is 39.8 Å². The number of halogens is 1. The first kappa shape index (κ1) is 61.1. The molecule has 3 N–H and O–H groups in total. The predicted octanol–water partition coefficient (Wildman–Crippen LogP) is 12.2. The van der Waals surface area contributed by atoms with Crippen molar-refractivity contribution in [1.29, 1.82) is 0 Å². The molecule has 11 heteroatoms. The second-order valence-corrected chi connectivity index (χ2v) is 15.7. The Kier molecular flexibility index (Phi) is 53.7. The summed E-state index contributed by atoms with van der Waals surface area (Å²) in [4.78, 5) is 45.6. The minimum atomic E-state index is -0.351. The van der Waals surface area contributed by atoms with Gasteiger partial charge in [-0.1, -0.05) is 172 Å². The molecule has 348 valence electrons. The van der Waals surface area contributed by atoms with Gasteiger partial charge in [-0.15, -0.1) is 0 Å². The van der Waals surface area contributed by atoms with E-state index in [1.54, 1.807) is 0 Å². The monoisotopic (exact) mass is 903 g/mol. The molecule has 0 atom stereocenters. The van der Waals surface area contributed by atoms with E-state index in [1.165, 1.54) is 89.9 Å². The third-order valence-electron chi connectivity index (χ3n) is 9.39. The van der Waals surface area contributed by atoms with Gasteiger partial charge in [0, 0.05) is 0 Å². The lowest BCUT2D eigenvalue weighted by Crippen LogP contribution is -2.32. The minimum Gasteiger partial charge on any atom is -0.461 e. The molecule has 0 spiro atoms. The molecule has 0 saturated carbocycles. The maximum absolute atomic E-state index is 12.1. The van der Waals surface area contributed by atoms with Gasteiger partial charge in [-0.2, -0.15) is 0 Å². The molecule has 0 aromatic rings. The Labute approximate surface area is 370 Å². The van der Waals surface area contributed by atoms with Crippen LogP contribution in [0.2, 0.25) is 0 Å². The number of ether oxygens (including phenoxy) is 4. The number of allylic oxidation sites excluding steroid dienone is 2. The van der Waals surface area contributed by atoms with Crippen LogP contribution < -0.4 is 11.1 Å². The third kappa shape index (κ3) is 51.8. The second kappa shape index (κ2) is 51.9. The highest BCUT2D eigenvalue weighted by atomic mass is 79.9. The van der Waals surface area contributed by atoms with Gasteiger partial charge in [0.2, 0.25) is 0 Å². The summed E-state index contributed by atoms with van der Waals surface area (Å²) < 4.78 is 20.9. The summed E-state index contributed by atoms with van der Waals surface area (Å²) in [5.74, 6) is -1.11. The molecule has 0 aliphatic carbocycles. The normalized spacial score (nSPS) is 11.0. The number of hydrogen-bond donors (Lipinski definition) is 2. The Hall–Kier alpha value is -2.24. The summed E-state index contributed by atoms with van der Waals surface area (Å²) in [5.41, 5.74) is 5.26. The highest BCUT2D eigenvalue weighted by Crippen LogP contribution is 2.16. The fraction of sp³-hybridized carbons (Fsp3) is 0.833. The molecule has 0 radical (unpaired) electrons. The standard InChI is InChI=1S/C24H45NO4.C13H27NO2.C11H19BrO2/c1-4-7-10-11-12-13-16-19-28-23(26)20-25-21-24(27)29-22(17-14-8-5-2)18-15-9-6-3;1-3-5-7-9-12(10-8-6-4-2)16-13(15)11-14;1-2-3-4-5-6-7-8-9-14-11(13)10-12/h13,16,22,25H,4-12,14-15,17-21H2,1-3H3;12H,3-11,14H2,1-2H3;7-8H,2-6,9-10H2,1H3/b16-13-;;8-7-. The van der Waals surface area contributed by atoms with Crippen molar-refractivity contribution in [1.82, 2.24) is 5.32 Å². The smallest absolute Gasteiger partial charge is 0.320 e. The Bertz CT molecular complexity index is 974. The zero-order valence-corrected chi connectivity index (χ0v) is 40.4. The van der Waals surface area contributed by atoms with E-state index in [9.17, 15) is 19.2 Å². The number of rotatable bonds is 38. The molecule has 0 saturated heterocycles. The van der Waals surface area contributed by atoms with Crippen LogP contribution in [0, 0.1) is 0 Å². The summed E-state index contributed by atoms with van der Waals surface area (Å²) in [5, 5.41) is 3.10.